The van der Waals surface area contributed by atoms with Gasteiger partial charge in [-0.1, -0.05) is 0 Å². The molecule has 2 aromatic rings. The normalized spacial score (nSPS) is 31.1. The number of piperazine rings is 1. The molecule has 1 saturated carbocycles. The monoisotopic (exact) mass is 382 g/mol. The Kier molecular flexibility index (Phi) is 4.78. The molecule has 0 spiro atoms. The summed E-state index contributed by atoms with van der Waals surface area (Å²) in [6.45, 7) is 4.22. The fourth-order valence-electron chi connectivity index (χ4n) is 5.04. The van der Waals surface area contributed by atoms with Gasteiger partial charge in [-0.05, 0) is 43.7 Å². The summed E-state index contributed by atoms with van der Waals surface area (Å²) in [7, 11) is 4.18. The maximum atomic E-state index is 4.66. The van der Waals surface area contributed by atoms with Gasteiger partial charge in [-0.25, -0.2) is 15.4 Å². The van der Waals surface area contributed by atoms with Crippen molar-refractivity contribution in [3.63, 3.8) is 0 Å². The Balaban J connectivity index is 1.34. The molecule has 2 N–H and O–H groups in total. The Morgan fingerprint density at radius 2 is 1.89 bits per heavy atom. The number of likely N-dealkylation sites (N-methyl/N-ethyl adjacent to an activating group) is 1. The van der Waals surface area contributed by atoms with E-state index in [9.17, 15) is 0 Å². The second-order valence-electron chi connectivity index (χ2n) is 8.59. The number of hydrazine groups is 1. The molecule has 1 aliphatic carbocycles. The molecule has 0 amide bonds. The van der Waals surface area contributed by atoms with E-state index in [0.29, 0.717) is 17.9 Å². The zero-order chi connectivity index (χ0) is 19.1. The van der Waals surface area contributed by atoms with Crippen LogP contribution in [-0.4, -0.2) is 63.9 Å². The molecule has 0 bridgehead atoms. The van der Waals surface area contributed by atoms with E-state index in [1.807, 2.05) is 17.9 Å². The van der Waals surface area contributed by atoms with E-state index < -0.39 is 0 Å². The summed E-state index contributed by atoms with van der Waals surface area (Å²) >= 11 is 0. The third-order valence-electron chi connectivity index (χ3n) is 6.77. The SMILES string of the molecule is CN1CCN(c2cc(C3NNC4CCC(c5cnn(C)c5)CC43)ncn2)CC1. The Hall–Kier alpha value is -2.03. The number of aryl methyl sites for hydroxylation is 1. The second-order valence-corrected chi connectivity index (χ2v) is 8.59. The quantitative estimate of drug-likeness (QED) is 0.822. The van der Waals surface area contributed by atoms with Crippen molar-refractivity contribution in [3.8, 4) is 0 Å². The van der Waals surface area contributed by atoms with Crippen LogP contribution in [0.1, 0.15) is 42.5 Å². The fraction of sp³-hybridized carbons (Fsp3) is 0.650. The van der Waals surface area contributed by atoms with Gasteiger partial charge >= 0.3 is 0 Å². The zero-order valence-electron chi connectivity index (χ0n) is 16.8. The topological polar surface area (TPSA) is 74.1 Å². The standard InChI is InChI=1S/C20H30N8/c1-26-5-7-28(8-6-26)19-10-18(21-13-22-19)20-16-9-14(3-4-17(16)24-25-20)15-11-23-27(2)12-15/h10-14,16-17,20,24-25H,3-9H2,1-2H3. The molecule has 0 radical (unpaired) electrons. The maximum absolute atomic E-state index is 4.66. The van der Waals surface area contributed by atoms with Crippen molar-refractivity contribution in [2.24, 2.45) is 13.0 Å². The van der Waals surface area contributed by atoms with E-state index in [-0.39, 0.29) is 6.04 Å². The van der Waals surface area contributed by atoms with Gasteiger partial charge in [-0.3, -0.25) is 10.1 Å². The van der Waals surface area contributed by atoms with Gasteiger partial charge in [0.2, 0.25) is 0 Å². The lowest BCUT2D eigenvalue weighted by molar-refractivity contribution is 0.276. The number of hydrogen-bond acceptors (Lipinski definition) is 7. The Bertz CT molecular complexity index is 812. The van der Waals surface area contributed by atoms with Crippen LogP contribution in [-0.2, 0) is 7.05 Å². The number of nitrogens with zero attached hydrogens (tertiary/aromatic N) is 6. The summed E-state index contributed by atoms with van der Waals surface area (Å²) in [6.07, 6.45) is 9.50. The highest BCUT2D eigenvalue weighted by Crippen LogP contribution is 2.43. The molecule has 0 aromatic carbocycles. The number of nitrogens with one attached hydrogen (secondary N) is 2. The Morgan fingerprint density at radius 1 is 1.04 bits per heavy atom. The first-order valence-corrected chi connectivity index (χ1v) is 10.4. The molecule has 150 valence electrons. The first-order chi connectivity index (χ1) is 13.7. The van der Waals surface area contributed by atoms with Crippen molar-refractivity contribution >= 4 is 5.82 Å². The molecular formula is C20H30N8. The average Bonchev–Trinajstić information content (AvgIpc) is 3.34. The van der Waals surface area contributed by atoms with E-state index in [4.69, 9.17) is 0 Å². The number of hydrogen-bond donors (Lipinski definition) is 2. The highest BCUT2D eigenvalue weighted by atomic mass is 15.4. The fourth-order valence-corrected chi connectivity index (χ4v) is 5.04. The minimum absolute atomic E-state index is 0.235. The van der Waals surface area contributed by atoms with Gasteiger partial charge in [-0.2, -0.15) is 5.10 Å². The molecule has 3 fully saturated rings. The van der Waals surface area contributed by atoms with Gasteiger partial charge in [0.05, 0.1) is 17.9 Å². The molecule has 8 heteroatoms. The van der Waals surface area contributed by atoms with Gasteiger partial charge in [-0.15, -0.1) is 0 Å². The van der Waals surface area contributed by atoms with Crippen LogP contribution in [0, 0.1) is 5.92 Å². The van der Waals surface area contributed by atoms with Crippen molar-refractivity contribution in [3.05, 3.63) is 36.0 Å². The van der Waals surface area contributed by atoms with Crippen LogP contribution in [0.25, 0.3) is 0 Å². The summed E-state index contributed by atoms with van der Waals surface area (Å²) in [6, 6.07) is 2.94. The number of anilines is 1. The van der Waals surface area contributed by atoms with Crippen molar-refractivity contribution in [2.75, 3.05) is 38.1 Å². The Labute approximate surface area is 166 Å². The van der Waals surface area contributed by atoms with Crippen molar-refractivity contribution in [1.82, 2.24) is 35.5 Å². The van der Waals surface area contributed by atoms with Gasteiger partial charge in [0.15, 0.2) is 0 Å². The van der Waals surface area contributed by atoms with Gasteiger partial charge in [0.25, 0.3) is 0 Å². The number of fused-ring (bicyclic) bond motifs is 1. The summed E-state index contributed by atoms with van der Waals surface area (Å²) in [5.74, 6) is 2.18. The maximum Gasteiger partial charge on any atom is 0.132 e. The first-order valence-electron chi connectivity index (χ1n) is 10.4. The van der Waals surface area contributed by atoms with Gasteiger partial charge in [0.1, 0.15) is 12.1 Å². The van der Waals surface area contributed by atoms with Crippen LogP contribution in [0.3, 0.4) is 0 Å². The average molecular weight is 383 g/mol. The third kappa shape index (κ3) is 3.40. The van der Waals surface area contributed by atoms with E-state index in [1.54, 1.807) is 6.33 Å². The summed E-state index contributed by atoms with van der Waals surface area (Å²) in [5, 5.41) is 4.38. The minimum Gasteiger partial charge on any atom is -0.354 e. The van der Waals surface area contributed by atoms with Gasteiger partial charge < -0.3 is 9.80 Å². The zero-order valence-corrected chi connectivity index (χ0v) is 16.8. The lowest BCUT2D eigenvalue weighted by Crippen LogP contribution is -2.44. The van der Waals surface area contributed by atoms with Crippen LogP contribution < -0.4 is 15.8 Å². The second kappa shape index (κ2) is 7.42. The van der Waals surface area contributed by atoms with Crippen LogP contribution in [0.15, 0.2) is 24.8 Å². The molecule has 4 heterocycles. The largest absolute Gasteiger partial charge is 0.354 e. The predicted molar refractivity (Wildman–Crippen MR) is 108 cm³/mol. The molecule has 8 nitrogen and oxygen atoms in total. The lowest BCUT2D eigenvalue weighted by atomic mass is 9.73. The molecule has 5 rings (SSSR count). The minimum atomic E-state index is 0.235. The smallest absolute Gasteiger partial charge is 0.132 e. The van der Waals surface area contributed by atoms with Crippen molar-refractivity contribution < 1.29 is 0 Å². The molecule has 4 atom stereocenters. The molecule has 3 aliphatic rings. The van der Waals surface area contributed by atoms with Crippen LogP contribution in [0.5, 0.6) is 0 Å². The molecule has 4 unspecified atom stereocenters. The lowest BCUT2D eigenvalue weighted by Gasteiger charge is -2.34. The molecule has 2 aromatic heterocycles. The number of aromatic nitrogens is 4. The highest BCUT2D eigenvalue weighted by Gasteiger charge is 2.42. The van der Waals surface area contributed by atoms with E-state index >= 15 is 0 Å². The molecule has 2 aliphatic heterocycles. The molecule has 28 heavy (non-hydrogen) atoms. The summed E-state index contributed by atoms with van der Waals surface area (Å²) < 4.78 is 1.91. The van der Waals surface area contributed by atoms with Crippen LogP contribution in [0.2, 0.25) is 0 Å². The number of rotatable bonds is 3. The van der Waals surface area contributed by atoms with E-state index in [2.05, 4.69) is 55.0 Å². The van der Waals surface area contributed by atoms with E-state index in [0.717, 1.165) is 44.1 Å². The van der Waals surface area contributed by atoms with Gasteiger partial charge in [0, 0.05) is 51.5 Å². The summed E-state index contributed by atoms with van der Waals surface area (Å²) in [5.41, 5.74) is 9.55. The van der Waals surface area contributed by atoms with Crippen molar-refractivity contribution in [1.29, 1.82) is 0 Å². The first kappa shape index (κ1) is 18.0. The third-order valence-corrected chi connectivity index (χ3v) is 6.77. The van der Waals surface area contributed by atoms with Crippen LogP contribution in [0.4, 0.5) is 5.82 Å². The highest BCUT2D eigenvalue weighted by molar-refractivity contribution is 5.40. The molecular weight excluding hydrogens is 352 g/mol. The van der Waals surface area contributed by atoms with Crippen LogP contribution >= 0.6 is 0 Å². The van der Waals surface area contributed by atoms with Crippen molar-refractivity contribution in [2.45, 2.75) is 37.3 Å². The summed E-state index contributed by atoms with van der Waals surface area (Å²) in [4.78, 5) is 14.0. The van der Waals surface area contributed by atoms with E-state index in [1.165, 1.54) is 18.4 Å². The molecule has 2 saturated heterocycles. The Morgan fingerprint density at radius 3 is 2.68 bits per heavy atom. The predicted octanol–water partition coefficient (Wildman–Crippen LogP) is 1.06.